The van der Waals surface area contributed by atoms with Crippen LogP contribution in [0.25, 0.3) is 11.0 Å². The molecule has 5 nitrogen and oxygen atoms in total. The van der Waals surface area contributed by atoms with Crippen molar-refractivity contribution in [3.63, 3.8) is 0 Å². The smallest absolute Gasteiger partial charge is 0.136 e. The largest absolute Gasteiger partial charge is 0.346 e. The van der Waals surface area contributed by atoms with Crippen LogP contribution in [0.4, 0.5) is 5.82 Å². The average Bonchev–Trinajstić information content (AvgIpc) is 3.27. The second-order valence-electron chi connectivity index (χ2n) is 7.32. The molecule has 25 heavy (non-hydrogen) atoms. The number of hydrogen-bond donors (Lipinski definition) is 1. The number of aryl methyl sites for hydroxylation is 2. The Kier molecular flexibility index (Phi) is 3.47. The van der Waals surface area contributed by atoms with Crippen LogP contribution in [0, 0.1) is 6.92 Å². The van der Waals surface area contributed by atoms with Gasteiger partial charge in [-0.15, -0.1) is 0 Å². The number of H-pyrrole nitrogens is 1. The van der Waals surface area contributed by atoms with Gasteiger partial charge < -0.3 is 9.88 Å². The SMILES string of the molecule is Cc1ccc2nc(C3CCCN3c3ncnc4c3CCCC4)[nH]c2c1. The average molecular weight is 333 g/mol. The lowest BCUT2D eigenvalue weighted by molar-refractivity contribution is 0.636. The topological polar surface area (TPSA) is 57.7 Å². The van der Waals surface area contributed by atoms with Gasteiger partial charge in [-0.25, -0.2) is 15.0 Å². The third kappa shape index (κ3) is 2.49. The maximum Gasteiger partial charge on any atom is 0.136 e. The van der Waals surface area contributed by atoms with Crippen LogP contribution in [-0.2, 0) is 12.8 Å². The van der Waals surface area contributed by atoms with Crippen molar-refractivity contribution in [2.75, 3.05) is 11.4 Å². The Hall–Kier alpha value is -2.43. The Morgan fingerprint density at radius 3 is 3.00 bits per heavy atom. The minimum Gasteiger partial charge on any atom is -0.346 e. The van der Waals surface area contributed by atoms with Crippen LogP contribution in [0.5, 0.6) is 0 Å². The first-order valence-electron chi connectivity index (χ1n) is 9.35. The van der Waals surface area contributed by atoms with Gasteiger partial charge in [0.05, 0.1) is 17.1 Å². The van der Waals surface area contributed by atoms with E-state index in [-0.39, 0.29) is 6.04 Å². The molecular weight excluding hydrogens is 310 g/mol. The van der Waals surface area contributed by atoms with E-state index in [9.17, 15) is 0 Å². The van der Waals surface area contributed by atoms with Crippen molar-refractivity contribution < 1.29 is 0 Å². The van der Waals surface area contributed by atoms with Gasteiger partial charge in [0.2, 0.25) is 0 Å². The summed E-state index contributed by atoms with van der Waals surface area (Å²) in [5, 5.41) is 0. The van der Waals surface area contributed by atoms with Crippen LogP contribution in [0.15, 0.2) is 24.5 Å². The van der Waals surface area contributed by atoms with E-state index in [2.05, 4.69) is 40.0 Å². The number of anilines is 1. The standard InChI is InChI=1S/C20H23N5/c1-13-8-9-16-17(11-13)24-19(23-16)18-7-4-10-25(18)20-14-5-2-3-6-15(14)21-12-22-20/h8-9,11-12,18H,2-7,10H2,1H3,(H,23,24). The number of hydrogen-bond acceptors (Lipinski definition) is 4. The molecule has 0 spiro atoms. The summed E-state index contributed by atoms with van der Waals surface area (Å²) in [5.41, 5.74) is 6.06. The van der Waals surface area contributed by atoms with Crippen molar-refractivity contribution in [3.05, 3.63) is 47.2 Å². The maximum absolute atomic E-state index is 4.88. The van der Waals surface area contributed by atoms with Crippen molar-refractivity contribution in [1.29, 1.82) is 0 Å². The molecule has 128 valence electrons. The number of aromatic nitrogens is 4. The molecule has 5 rings (SSSR count). The van der Waals surface area contributed by atoms with Gasteiger partial charge in [-0.2, -0.15) is 0 Å². The summed E-state index contributed by atoms with van der Waals surface area (Å²) in [6, 6.07) is 6.70. The minimum absolute atomic E-state index is 0.286. The molecular formula is C20H23N5. The van der Waals surface area contributed by atoms with Crippen molar-refractivity contribution in [2.45, 2.75) is 51.5 Å². The fraction of sp³-hybridized carbons (Fsp3) is 0.450. The molecule has 3 aromatic rings. The first-order chi connectivity index (χ1) is 12.3. The molecule has 1 atom stereocenters. The molecule has 1 saturated heterocycles. The van der Waals surface area contributed by atoms with Crippen LogP contribution in [0.3, 0.4) is 0 Å². The van der Waals surface area contributed by atoms with E-state index in [1.165, 1.54) is 36.1 Å². The van der Waals surface area contributed by atoms with Crippen LogP contribution in [0.2, 0.25) is 0 Å². The zero-order valence-corrected chi connectivity index (χ0v) is 14.6. The van der Waals surface area contributed by atoms with Gasteiger partial charge in [0, 0.05) is 17.8 Å². The Morgan fingerprint density at radius 2 is 2.04 bits per heavy atom. The van der Waals surface area contributed by atoms with Crippen molar-refractivity contribution in [2.24, 2.45) is 0 Å². The molecule has 1 aromatic carbocycles. The summed E-state index contributed by atoms with van der Waals surface area (Å²) in [6.07, 6.45) is 8.74. The quantitative estimate of drug-likeness (QED) is 0.773. The number of benzene rings is 1. The van der Waals surface area contributed by atoms with Gasteiger partial charge in [0.25, 0.3) is 0 Å². The summed E-state index contributed by atoms with van der Waals surface area (Å²) < 4.78 is 0. The molecule has 0 saturated carbocycles. The molecule has 1 N–H and O–H groups in total. The van der Waals surface area contributed by atoms with Gasteiger partial charge in [0.15, 0.2) is 0 Å². The molecule has 5 heteroatoms. The number of imidazole rings is 1. The molecule has 0 amide bonds. The number of rotatable bonds is 2. The van der Waals surface area contributed by atoms with Crippen LogP contribution >= 0.6 is 0 Å². The monoisotopic (exact) mass is 333 g/mol. The highest BCUT2D eigenvalue weighted by Gasteiger charge is 2.32. The van der Waals surface area contributed by atoms with Crippen LogP contribution in [-0.4, -0.2) is 26.5 Å². The van der Waals surface area contributed by atoms with Gasteiger partial charge in [-0.3, -0.25) is 0 Å². The predicted octanol–water partition coefficient (Wildman–Crippen LogP) is 3.88. The molecule has 2 aromatic heterocycles. The van der Waals surface area contributed by atoms with Crippen molar-refractivity contribution in [1.82, 2.24) is 19.9 Å². The van der Waals surface area contributed by atoms with Gasteiger partial charge in [-0.05, 0) is 63.1 Å². The molecule has 2 aliphatic rings. The van der Waals surface area contributed by atoms with E-state index >= 15 is 0 Å². The first kappa shape index (κ1) is 14.9. The second kappa shape index (κ2) is 5.83. The number of aromatic amines is 1. The van der Waals surface area contributed by atoms with Gasteiger partial charge in [0.1, 0.15) is 18.0 Å². The van der Waals surface area contributed by atoms with E-state index in [1.807, 2.05) is 0 Å². The lowest BCUT2D eigenvalue weighted by atomic mass is 9.96. The lowest BCUT2D eigenvalue weighted by Crippen LogP contribution is -2.27. The molecule has 1 unspecified atom stereocenters. The molecule has 3 heterocycles. The molecule has 1 aliphatic heterocycles. The normalized spacial score (nSPS) is 20.2. The van der Waals surface area contributed by atoms with Crippen LogP contribution in [0.1, 0.15) is 54.4 Å². The summed E-state index contributed by atoms with van der Waals surface area (Å²) in [5.74, 6) is 2.21. The van der Waals surface area contributed by atoms with Crippen molar-refractivity contribution >= 4 is 16.9 Å². The summed E-state index contributed by atoms with van der Waals surface area (Å²) in [7, 11) is 0. The van der Waals surface area contributed by atoms with E-state index in [0.29, 0.717) is 0 Å². The fourth-order valence-corrected chi connectivity index (χ4v) is 4.36. The summed E-state index contributed by atoms with van der Waals surface area (Å²) in [4.78, 5) is 20.1. The first-order valence-corrected chi connectivity index (χ1v) is 9.35. The Balaban J connectivity index is 1.55. The van der Waals surface area contributed by atoms with Gasteiger partial charge in [-0.1, -0.05) is 6.07 Å². The number of nitrogens with zero attached hydrogens (tertiary/aromatic N) is 4. The second-order valence-corrected chi connectivity index (χ2v) is 7.32. The zero-order valence-electron chi connectivity index (χ0n) is 14.6. The van der Waals surface area contributed by atoms with E-state index in [1.54, 1.807) is 6.33 Å². The van der Waals surface area contributed by atoms with E-state index in [4.69, 9.17) is 9.97 Å². The summed E-state index contributed by atoms with van der Waals surface area (Å²) >= 11 is 0. The third-order valence-corrected chi connectivity index (χ3v) is 5.60. The van der Waals surface area contributed by atoms with Crippen molar-refractivity contribution in [3.8, 4) is 0 Å². The minimum atomic E-state index is 0.286. The maximum atomic E-state index is 4.88. The molecule has 1 aliphatic carbocycles. The van der Waals surface area contributed by atoms with E-state index < -0.39 is 0 Å². The zero-order chi connectivity index (χ0) is 16.8. The van der Waals surface area contributed by atoms with Crippen LogP contribution < -0.4 is 4.90 Å². The highest BCUT2D eigenvalue weighted by Crippen LogP contribution is 2.38. The predicted molar refractivity (Wildman–Crippen MR) is 98.8 cm³/mol. The third-order valence-electron chi connectivity index (χ3n) is 5.60. The molecule has 0 bridgehead atoms. The number of fused-ring (bicyclic) bond motifs is 2. The Morgan fingerprint density at radius 1 is 1.12 bits per heavy atom. The lowest BCUT2D eigenvalue weighted by Gasteiger charge is -2.28. The fourth-order valence-electron chi connectivity index (χ4n) is 4.36. The highest BCUT2D eigenvalue weighted by atomic mass is 15.3. The number of nitrogens with one attached hydrogen (secondary N) is 1. The Bertz CT molecular complexity index is 929. The highest BCUT2D eigenvalue weighted by molar-refractivity contribution is 5.76. The van der Waals surface area contributed by atoms with Gasteiger partial charge >= 0.3 is 0 Å². The van der Waals surface area contributed by atoms with E-state index in [0.717, 1.165) is 48.5 Å². The summed E-state index contributed by atoms with van der Waals surface area (Å²) in [6.45, 7) is 3.17. The molecule has 0 radical (unpaired) electrons. The Labute approximate surface area is 147 Å². The molecule has 1 fully saturated rings.